The Bertz CT molecular complexity index is 939. The molecular weight excluding hydrogens is 314 g/mol. The lowest BCUT2D eigenvalue weighted by molar-refractivity contribution is 0.0693. The van der Waals surface area contributed by atoms with Gasteiger partial charge in [0, 0.05) is 26.1 Å². The lowest BCUT2D eigenvalue weighted by Crippen LogP contribution is -2.40. The molecule has 2 aromatic heterocycles. The summed E-state index contributed by atoms with van der Waals surface area (Å²) in [7, 11) is 1.82. The van der Waals surface area contributed by atoms with Gasteiger partial charge in [0.05, 0.1) is 16.7 Å². The molecule has 1 saturated heterocycles. The Kier molecular flexibility index (Phi) is 3.82. The number of imidazole rings is 1. The van der Waals surface area contributed by atoms with Gasteiger partial charge in [-0.3, -0.25) is 9.48 Å². The zero-order chi connectivity index (χ0) is 17.6. The summed E-state index contributed by atoms with van der Waals surface area (Å²) in [6.07, 6.45) is 2.04. The standard InChI is InChI=1S/C19H23N5O/c1-12-6-4-8-15-17(12)21-18(20-15)14-7-5-9-24(11-14)19(25)16-10-13(2)22-23(16)3/h4,6,8,10,14H,5,7,9,11H2,1-3H3,(H,20,21)/t14-/m0/s1. The van der Waals surface area contributed by atoms with Crippen LogP contribution < -0.4 is 0 Å². The van der Waals surface area contributed by atoms with E-state index in [0.29, 0.717) is 12.2 Å². The van der Waals surface area contributed by atoms with Crippen molar-refractivity contribution in [2.75, 3.05) is 13.1 Å². The van der Waals surface area contributed by atoms with Gasteiger partial charge in [0.25, 0.3) is 5.91 Å². The maximum absolute atomic E-state index is 12.9. The number of carbonyl (C=O) groups excluding carboxylic acids is 1. The Morgan fingerprint density at radius 1 is 1.32 bits per heavy atom. The number of benzene rings is 1. The van der Waals surface area contributed by atoms with Crippen molar-refractivity contribution in [3.8, 4) is 0 Å². The van der Waals surface area contributed by atoms with Gasteiger partial charge in [0.1, 0.15) is 11.5 Å². The maximum Gasteiger partial charge on any atom is 0.272 e. The molecule has 0 bridgehead atoms. The van der Waals surface area contributed by atoms with Crippen molar-refractivity contribution in [2.24, 2.45) is 7.05 Å². The van der Waals surface area contributed by atoms with E-state index >= 15 is 0 Å². The summed E-state index contributed by atoms with van der Waals surface area (Å²) in [6.45, 7) is 5.47. The summed E-state index contributed by atoms with van der Waals surface area (Å²) in [6, 6.07) is 8.04. The van der Waals surface area contributed by atoms with E-state index in [1.54, 1.807) is 4.68 Å². The van der Waals surface area contributed by atoms with Crippen LogP contribution in [0.1, 0.15) is 46.3 Å². The van der Waals surface area contributed by atoms with Gasteiger partial charge in [0.15, 0.2) is 0 Å². The van der Waals surface area contributed by atoms with Crippen LogP contribution in [0.3, 0.4) is 0 Å². The Labute approximate surface area is 146 Å². The molecule has 1 atom stereocenters. The van der Waals surface area contributed by atoms with E-state index < -0.39 is 0 Å². The summed E-state index contributed by atoms with van der Waals surface area (Å²) in [4.78, 5) is 23.1. The number of fused-ring (bicyclic) bond motifs is 1. The van der Waals surface area contributed by atoms with E-state index in [-0.39, 0.29) is 11.8 Å². The average Bonchev–Trinajstić information content (AvgIpc) is 3.18. The van der Waals surface area contributed by atoms with Gasteiger partial charge >= 0.3 is 0 Å². The number of nitrogens with zero attached hydrogens (tertiary/aromatic N) is 4. The third-order valence-electron chi connectivity index (χ3n) is 5.05. The minimum Gasteiger partial charge on any atom is -0.342 e. The van der Waals surface area contributed by atoms with E-state index in [0.717, 1.165) is 41.9 Å². The zero-order valence-electron chi connectivity index (χ0n) is 14.9. The molecule has 0 unspecified atom stereocenters. The normalized spacial score (nSPS) is 18.0. The highest BCUT2D eigenvalue weighted by Crippen LogP contribution is 2.28. The van der Waals surface area contributed by atoms with Gasteiger partial charge in [-0.15, -0.1) is 0 Å². The van der Waals surface area contributed by atoms with Gasteiger partial charge in [0.2, 0.25) is 0 Å². The fourth-order valence-corrected chi connectivity index (χ4v) is 3.75. The summed E-state index contributed by atoms with van der Waals surface area (Å²) < 4.78 is 1.67. The van der Waals surface area contributed by atoms with Gasteiger partial charge in [-0.2, -0.15) is 5.10 Å². The monoisotopic (exact) mass is 337 g/mol. The van der Waals surface area contributed by atoms with E-state index in [1.807, 2.05) is 31.0 Å². The number of carbonyl (C=O) groups is 1. The molecule has 1 amide bonds. The Hall–Kier alpha value is -2.63. The molecular formula is C19H23N5O. The van der Waals surface area contributed by atoms with Crippen molar-refractivity contribution in [1.82, 2.24) is 24.6 Å². The van der Waals surface area contributed by atoms with Gasteiger partial charge < -0.3 is 9.88 Å². The van der Waals surface area contributed by atoms with Crippen LogP contribution in [-0.2, 0) is 7.05 Å². The van der Waals surface area contributed by atoms with Crippen molar-refractivity contribution in [2.45, 2.75) is 32.6 Å². The molecule has 4 rings (SSSR count). The molecule has 1 fully saturated rings. The zero-order valence-corrected chi connectivity index (χ0v) is 14.9. The topological polar surface area (TPSA) is 66.8 Å². The van der Waals surface area contributed by atoms with Crippen molar-refractivity contribution in [1.29, 1.82) is 0 Å². The Morgan fingerprint density at radius 2 is 2.16 bits per heavy atom. The number of likely N-dealkylation sites (tertiary alicyclic amines) is 1. The summed E-state index contributed by atoms with van der Waals surface area (Å²) in [5.41, 5.74) is 4.80. The van der Waals surface area contributed by atoms with Crippen molar-refractivity contribution in [3.63, 3.8) is 0 Å². The summed E-state index contributed by atoms with van der Waals surface area (Å²) >= 11 is 0. The highest BCUT2D eigenvalue weighted by atomic mass is 16.2. The predicted molar refractivity (Wildman–Crippen MR) is 96.7 cm³/mol. The first-order chi connectivity index (χ1) is 12.0. The van der Waals surface area contributed by atoms with Crippen LogP contribution in [0.4, 0.5) is 0 Å². The number of aromatic nitrogens is 4. The Balaban J connectivity index is 1.59. The number of hydrogen-bond acceptors (Lipinski definition) is 3. The maximum atomic E-state index is 12.9. The summed E-state index contributed by atoms with van der Waals surface area (Å²) in [5.74, 6) is 1.29. The number of nitrogens with one attached hydrogen (secondary N) is 1. The van der Waals surface area contributed by atoms with Crippen LogP contribution >= 0.6 is 0 Å². The average molecular weight is 337 g/mol. The molecule has 1 aliphatic heterocycles. The van der Waals surface area contributed by atoms with E-state index in [4.69, 9.17) is 4.98 Å². The molecule has 6 heteroatoms. The number of aryl methyl sites for hydroxylation is 3. The van der Waals surface area contributed by atoms with Gasteiger partial charge in [-0.05, 0) is 44.4 Å². The lowest BCUT2D eigenvalue weighted by atomic mass is 9.97. The number of amides is 1. The molecule has 0 aliphatic carbocycles. The number of para-hydroxylation sites is 1. The van der Waals surface area contributed by atoms with E-state index in [1.165, 1.54) is 5.56 Å². The Morgan fingerprint density at radius 3 is 2.88 bits per heavy atom. The minimum atomic E-state index is 0.0556. The number of piperidine rings is 1. The first kappa shape index (κ1) is 15.9. The van der Waals surface area contributed by atoms with Crippen LogP contribution in [0.25, 0.3) is 11.0 Å². The minimum absolute atomic E-state index is 0.0556. The molecule has 1 aliphatic rings. The smallest absolute Gasteiger partial charge is 0.272 e. The second kappa shape index (κ2) is 6.02. The van der Waals surface area contributed by atoms with E-state index in [2.05, 4.69) is 29.1 Å². The molecule has 3 aromatic rings. The van der Waals surface area contributed by atoms with Gasteiger partial charge in [-0.25, -0.2) is 4.98 Å². The molecule has 3 heterocycles. The van der Waals surface area contributed by atoms with Crippen LogP contribution in [-0.4, -0.2) is 43.6 Å². The van der Waals surface area contributed by atoms with Crippen LogP contribution in [0.5, 0.6) is 0 Å². The second-order valence-corrected chi connectivity index (χ2v) is 6.98. The third kappa shape index (κ3) is 2.81. The third-order valence-corrected chi connectivity index (χ3v) is 5.05. The highest BCUT2D eigenvalue weighted by Gasteiger charge is 2.28. The van der Waals surface area contributed by atoms with Crippen molar-refractivity contribution in [3.05, 3.63) is 47.0 Å². The number of aromatic amines is 1. The first-order valence-electron chi connectivity index (χ1n) is 8.78. The number of hydrogen-bond donors (Lipinski definition) is 1. The molecule has 1 aromatic carbocycles. The van der Waals surface area contributed by atoms with Crippen molar-refractivity contribution >= 4 is 16.9 Å². The first-order valence-corrected chi connectivity index (χ1v) is 8.78. The number of H-pyrrole nitrogens is 1. The molecule has 1 N–H and O–H groups in total. The second-order valence-electron chi connectivity index (χ2n) is 6.98. The lowest BCUT2D eigenvalue weighted by Gasteiger charge is -2.31. The molecule has 6 nitrogen and oxygen atoms in total. The van der Waals surface area contributed by atoms with Crippen LogP contribution in [0.2, 0.25) is 0 Å². The molecule has 25 heavy (non-hydrogen) atoms. The molecule has 0 radical (unpaired) electrons. The van der Waals surface area contributed by atoms with Crippen molar-refractivity contribution < 1.29 is 4.79 Å². The number of rotatable bonds is 2. The highest BCUT2D eigenvalue weighted by molar-refractivity contribution is 5.92. The fourth-order valence-electron chi connectivity index (χ4n) is 3.75. The quantitative estimate of drug-likeness (QED) is 0.782. The fraction of sp³-hybridized carbons (Fsp3) is 0.421. The molecule has 0 spiro atoms. The largest absolute Gasteiger partial charge is 0.342 e. The SMILES string of the molecule is Cc1cc(C(=O)N2CCC[C@H](c3nc4c(C)cccc4[nH]3)C2)n(C)n1. The van der Waals surface area contributed by atoms with Crippen LogP contribution in [0.15, 0.2) is 24.3 Å². The summed E-state index contributed by atoms with van der Waals surface area (Å²) in [5, 5.41) is 4.29. The molecule has 130 valence electrons. The predicted octanol–water partition coefficient (Wildman–Crippen LogP) is 2.93. The molecule has 0 saturated carbocycles. The van der Waals surface area contributed by atoms with Crippen LogP contribution in [0, 0.1) is 13.8 Å². The van der Waals surface area contributed by atoms with E-state index in [9.17, 15) is 4.79 Å². The van der Waals surface area contributed by atoms with Gasteiger partial charge in [-0.1, -0.05) is 12.1 Å².